The number of hydrogen-bond donors (Lipinski definition) is 0. The van der Waals surface area contributed by atoms with Gasteiger partial charge in [0.25, 0.3) is 0 Å². The van der Waals surface area contributed by atoms with Crippen molar-refractivity contribution < 1.29 is 5.48 Å². The molecule has 0 bridgehead atoms. The normalized spacial score (nSPS) is 8.13. The molecule has 2 N–H and O–H groups in total. The topological polar surface area (TPSA) is 31.5 Å². The van der Waals surface area contributed by atoms with Crippen molar-refractivity contribution in [1.82, 2.24) is 0 Å². The maximum atomic E-state index is 2.08. The van der Waals surface area contributed by atoms with Gasteiger partial charge in [-0.15, -0.1) is 0 Å². The molecular formula is C14H18O. The lowest BCUT2D eigenvalue weighted by molar-refractivity contribution is 0.824. The van der Waals surface area contributed by atoms with Crippen LogP contribution in [0.1, 0.15) is 11.1 Å². The molecule has 1 heteroatoms. The van der Waals surface area contributed by atoms with Crippen LogP contribution in [0.25, 0.3) is 0 Å². The third kappa shape index (κ3) is 6.47. The van der Waals surface area contributed by atoms with E-state index in [4.69, 9.17) is 0 Å². The van der Waals surface area contributed by atoms with Gasteiger partial charge in [0, 0.05) is 0 Å². The van der Waals surface area contributed by atoms with Crippen LogP contribution < -0.4 is 0 Å². The molecule has 2 aromatic rings. The SMILES string of the molecule is Cc1ccccc1.Cc1ccccc1.O. The minimum atomic E-state index is 0. The Morgan fingerprint density at radius 3 is 0.933 bits per heavy atom. The second-order valence-corrected chi connectivity index (χ2v) is 3.31. The average Bonchev–Trinajstić information content (AvgIpc) is 2.21. The first kappa shape index (κ1) is 13.4. The summed E-state index contributed by atoms with van der Waals surface area (Å²) in [5.41, 5.74) is 2.64. The summed E-state index contributed by atoms with van der Waals surface area (Å²) >= 11 is 0. The van der Waals surface area contributed by atoms with Crippen LogP contribution in [0.15, 0.2) is 60.7 Å². The molecule has 0 aliphatic carbocycles. The second kappa shape index (κ2) is 7.77. The zero-order valence-corrected chi connectivity index (χ0v) is 9.27. The van der Waals surface area contributed by atoms with Crippen LogP contribution in [0.5, 0.6) is 0 Å². The minimum absolute atomic E-state index is 0. The highest BCUT2D eigenvalue weighted by molar-refractivity contribution is 5.12. The lowest BCUT2D eigenvalue weighted by Gasteiger charge is -1.82. The molecule has 0 aromatic heterocycles. The molecule has 1 nitrogen and oxygen atoms in total. The Kier molecular flexibility index (Phi) is 6.94. The maximum absolute atomic E-state index is 2.08. The second-order valence-electron chi connectivity index (χ2n) is 3.31. The van der Waals surface area contributed by atoms with Crippen LogP contribution >= 0.6 is 0 Å². The van der Waals surface area contributed by atoms with Gasteiger partial charge in [0.15, 0.2) is 0 Å². The summed E-state index contributed by atoms with van der Waals surface area (Å²) in [4.78, 5) is 0. The predicted molar refractivity (Wildman–Crippen MR) is 66.0 cm³/mol. The van der Waals surface area contributed by atoms with Gasteiger partial charge < -0.3 is 5.48 Å². The Balaban J connectivity index is 0.000000245. The molecule has 0 saturated heterocycles. The van der Waals surface area contributed by atoms with E-state index in [0.717, 1.165) is 0 Å². The summed E-state index contributed by atoms with van der Waals surface area (Å²) in [7, 11) is 0. The van der Waals surface area contributed by atoms with Crippen molar-refractivity contribution in [1.29, 1.82) is 0 Å². The smallest absolute Gasteiger partial charge is 0.0398 e. The highest BCUT2D eigenvalue weighted by Crippen LogP contribution is 1.92. The zero-order valence-electron chi connectivity index (χ0n) is 9.27. The molecule has 80 valence electrons. The number of rotatable bonds is 0. The highest BCUT2D eigenvalue weighted by Gasteiger charge is 1.72. The van der Waals surface area contributed by atoms with Crippen molar-refractivity contribution in [2.45, 2.75) is 13.8 Å². The highest BCUT2D eigenvalue weighted by atomic mass is 16.0. The fourth-order valence-electron chi connectivity index (χ4n) is 1.07. The Hall–Kier alpha value is -1.60. The van der Waals surface area contributed by atoms with Gasteiger partial charge >= 0.3 is 0 Å². The predicted octanol–water partition coefficient (Wildman–Crippen LogP) is 3.17. The minimum Gasteiger partial charge on any atom is -0.412 e. The standard InChI is InChI=1S/2C7H8.H2O/c2*1-7-5-3-2-4-6-7;/h2*2-6H,1H3;1H2. The first-order chi connectivity index (χ1) is 6.79. The molecule has 2 aromatic carbocycles. The van der Waals surface area contributed by atoms with Crippen molar-refractivity contribution in [2.24, 2.45) is 0 Å². The summed E-state index contributed by atoms with van der Waals surface area (Å²) < 4.78 is 0. The van der Waals surface area contributed by atoms with Gasteiger partial charge in [0.2, 0.25) is 0 Å². The van der Waals surface area contributed by atoms with Gasteiger partial charge in [0.1, 0.15) is 0 Å². The molecule has 0 spiro atoms. The summed E-state index contributed by atoms with van der Waals surface area (Å²) in [6, 6.07) is 20.5. The lowest BCUT2D eigenvalue weighted by Crippen LogP contribution is -1.62. The molecule has 0 fully saturated rings. The summed E-state index contributed by atoms with van der Waals surface area (Å²) in [5, 5.41) is 0. The molecule has 0 amide bonds. The summed E-state index contributed by atoms with van der Waals surface area (Å²) in [6.07, 6.45) is 0. The van der Waals surface area contributed by atoms with E-state index < -0.39 is 0 Å². The molecule has 0 heterocycles. The van der Waals surface area contributed by atoms with E-state index in [1.165, 1.54) is 11.1 Å². The van der Waals surface area contributed by atoms with E-state index in [9.17, 15) is 0 Å². The van der Waals surface area contributed by atoms with Gasteiger partial charge in [-0.2, -0.15) is 0 Å². The number of hydrogen-bond acceptors (Lipinski definition) is 0. The fraction of sp³-hybridized carbons (Fsp3) is 0.143. The molecule has 0 aliphatic heterocycles. The van der Waals surface area contributed by atoms with Crippen molar-refractivity contribution in [2.75, 3.05) is 0 Å². The van der Waals surface area contributed by atoms with Crippen molar-refractivity contribution in [3.63, 3.8) is 0 Å². The Morgan fingerprint density at radius 1 is 0.533 bits per heavy atom. The van der Waals surface area contributed by atoms with Crippen LogP contribution in [0.3, 0.4) is 0 Å². The van der Waals surface area contributed by atoms with Crippen molar-refractivity contribution in [3.8, 4) is 0 Å². The largest absolute Gasteiger partial charge is 0.412 e. The molecule has 2 rings (SSSR count). The molecular weight excluding hydrogens is 184 g/mol. The van der Waals surface area contributed by atoms with Crippen LogP contribution in [0.2, 0.25) is 0 Å². The monoisotopic (exact) mass is 202 g/mol. The van der Waals surface area contributed by atoms with Crippen molar-refractivity contribution in [3.05, 3.63) is 71.8 Å². The van der Waals surface area contributed by atoms with Gasteiger partial charge in [0.05, 0.1) is 0 Å². The lowest BCUT2D eigenvalue weighted by atomic mass is 10.2. The summed E-state index contributed by atoms with van der Waals surface area (Å²) in [5.74, 6) is 0. The van der Waals surface area contributed by atoms with Crippen LogP contribution in [0, 0.1) is 13.8 Å². The van der Waals surface area contributed by atoms with Gasteiger partial charge in [-0.1, -0.05) is 71.8 Å². The first-order valence-electron chi connectivity index (χ1n) is 4.82. The quantitative estimate of drug-likeness (QED) is 0.628. The van der Waals surface area contributed by atoms with E-state index in [1.54, 1.807) is 0 Å². The Labute approximate surface area is 91.7 Å². The van der Waals surface area contributed by atoms with E-state index in [0.29, 0.717) is 0 Å². The molecule has 0 saturated carbocycles. The number of aryl methyl sites for hydroxylation is 2. The molecule has 0 radical (unpaired) electrons. The third-order valence-electron chi connectivity index (χ3n) is 1.88. The molecule has 0 unspecified atom stereocenters. The average molecular weight is 202 g/mol. The summed E-state index contributed by atoms with van der Waals surface area (Å²) in [6.45, 7) is 4.17. The number of benzene rings is 2. The molecule has 0 atom stereocenters. The van der Waals surface area contributed by atoms with Gasteiger partial charge in [-0.05, 0) is 13.8 Å². The third-order valence-corrected chi connectivity index (χ3v) is 1.88. The van der Waals surface area contributed by atoms with E-state index in [2.05, 4.69) is 38.1 Å². The van der Waals surface area contributed by atoms with Crippen LogP contribution in [0.4, 0.5) is 0 Å². The van der Waals surface area contributed by atoms with Gasteiger partial charge in [-0.3, -0.25) is 0 Å². The van der Waals surface area contributed by atoms with Crippen molar-refractivity contribution >= 4 is 0 Å². The Bertz CT molecular complexity index is 303. The Morgan fingerprint density at radius 2 is 0.800 bits per heavy atom. The van der Waals surface area contributed by atoms with Crippen LogP contribution in [-0.4, -0.2) is 5.48 Å². The van der Waals surface area contributed by atoms with E-state index in [-0.39, 0.29) is 5.48 Å². The van der Waals surface area contributed by atoms with Crippen LogP contribution in [-0.2, 0) is 0 Å². The molecule has 15 heavy (non-hydrogen) atoms. The van der Waals surface area contributed by atoms with Gasteiger partial charge in [-0.25, -0.2) is 0 Å². The zero-order chi connectivity index (χ0) is 10.2. The van der Waals surface area contributed by atoms with E-state index >= 15 is 0 Å². The molecule has 0 aliphatic rings. The fourth-order valence-corrected chi connectivity index (χ4v) is 1.07. The first-order valence-corrected chi connectivity index (χ1v) is 4.82. The van der Waals surface area contributed by atoms with E-state index in [1.807, 2.05) is 36.4 Å². The maximum Gasteiger partial charge on any atom is -0.0398 e.